The average molecular weight is 1540 g/mol. The summed E-state index contributed by atoms with van der Waals surface area (Å²) in [6.07, 6.45) is 16.1. The Bertz CT molecular complexity index is 3370. The second-order valence-electron chi connectivity index (χ2n) is 28.2. The second-order valence-corrected chi connectivity index (χ2v) is 28.2. The summed E-state index contributed by atoms with van der Waals surface area (Å²) in [5.74, 6) is -4.14. The minimum absolute atomic E-state index is 0. The average Bonchev–Trinajstić information content (AvgIpc) is 1.64. The number of nitrogens with one attached hydrogen (secondary N) is 2. The fourth-order valence-corrected chi connectivity index (χ4v) is 10.7. The van der Waals surface area contributed by atoms with Gasteiger partial charge < -0.3 is 62.5 Å². The van der Waals surface area contributed by atoms with E-state index in [1.165, 1.54) is 55.8 Å². The molecule has 2 amide bonds. The summed E-state index contributed by atoms with van der Waals surface area (Å²) >= 11 is 2.15. The lowest BCUT2D eigenvalue weighted by Gasteiger charge is -2.32. The molecule has 3 aromatic heterocycles. The number of carboxylic acid groups (broad SMARTS) is 1. The monoisotopic (exact) mass is 1540 g/mol. The van der Waals surface area contributed by atoms with Crippen LogP contribution in [0.1, 0.15) is 198 Å². The molecule has 2 fully saturated rings. The van der Waals surface area contributed by atoms with Crippen molar-refractivity contribution >= 4 is 79.1 Å². The second kappa shape index (κ2) is 45.5. The Morgan fingerprint density at radius 2 is 0.784 bits per heavy atom. The van der Waals surface area contributed by atoms with E-state index in [0.29, 0.717) is 43.9 Å². The van der Waals surface area contributed by atoms with Gasteiger partial charge in [0.1, 0.15) is 23.0 Å². The highest BCUT2D eigenvalue weighted by atomic mass is 127. The number of rotatable bonds is 29. The number of aromatic nitrogens is 6. The molecule has 6 aromatic rings. The minimum atomic E-state index is -1.67. The summed E-state index contributed by atoms with van der Waals surface area (Å²) in [6.45, 7) is 28.8. The first-order valence-electron chi connectivity index (χ1n) is 33.8. The molecule has 0 spiro atoms. The van der Waals surface area contributed by atoms with Crippen molar-refractivity contribution in [1.29, 1.82) is 0 Å². The highest BCUT2D eigenvalue weighted by Crippen LogP contribution is 2.39. The molecule has 8 rings (SSSR count). The standard InChI is InChI=1S/C26H36BN3O4.C20H26BN3O4.C15H14N2O3.C11H24BNO2.CH3I.2CH4.ClH/c1-18(2)14-23(27-33-25(3,4)26(5,6)34-27)30-24(32)20(15-19-10-8-7-9-11-19)16-22(31)21-17-28-12-13-29-21;1-14(2)10-19(21(27)28)24-20(26)16(11-15-6-4-3-5-7-15)12-18(25)17-13-22-8-9-23-17;18-14(13-10-16-6-7-17-13)9-12(15(19)20)8-11-4-2-1-3-5-11;1-8(2)7-9(13)12-14-10(3,4)11(5,6)15-12;1-2;;;/h7-13,17-18,20,23H,14-16H2,1-6H3,(H,30,32);3-9,13-14,16,19,27-28H,10-12H2,1-2H3,(H,24,26);1-7,10,12H,8-9H2,(H,19,20);8-9H,7,13H2,1-6H3;1H3;2*1H4;1H/t20-,23+;16-,19+;12-;9-;;;;/m1110..../s1. The van der Waals surface area contributed by atoms with Crippen LogP contribution in [0.25, 0.3) is 0 Å². The molecule has 8 N–H and O–H groups in total. The molecule has 6 atom stereocenters. The normalized spacial score (nSPS) is 15.9. The van der Waals surface area contributed by atoms with E-state index >= 15 is 0 Å². The van der Waals surface area contributed by atoms with Gasteiger partial charge in [-0.2, -0.15) is 0 Å². The third-order valence-electron chi connectivity index (χ3n) is 17.4. The molecule has 3 aromatic carbocycles. The molecule has 2 aliphatic heterocycles. The van der Waals surface area contributed by atoms with Gasteiger partial charge in [0.05, 0.1) is 58.8 Å². The maximum Gasteiger partial charge on any atom is 0.521 e. The van der Waals surface area contributed by atoms with Crippen LogP contribution in [-0.4, -0.2) is 147 Å². The first-order chi connectivity index (χ1) is 46.7. The van der Waals surface area contributed by atoms with Crippen LogP contribution < -0.4 is 28.8 Å². The number of hydrogen-bond donors (Lipinski definition) is 6. The first kappa shape index (κ1) is 93.3. The number of hydrogen-bond acceptors (Lipinski definition) is 18. The Labute approximate surface area is 627 Å². The number of carboxylic acids is 1. The van der Waals surface area contributed by atoms with Crippen LogP contribution in [0.5, 0.6) is 0 Å². The van der Waals surface area contributed by atoms with Gasteiger partial charge in [-0.25, -0.2) is 15.0 Å². The van der Waals surface area contributed by atoms with E-state index in [1.807, 2.05) is 137 Å². The summed E-state index contributed by atoms with van der Waals surface area (Å²) < 4.78 is 24.4. The zero-order valence-corrected chi connectivity index (χ0v) is 63.6. The Balaban J connectivity index is 0.000000694. The van der Waals surface area contributed by atoms with E-state index < -0.39 is 55.1 Å². The molecule has 0 bridgehead atoms. The van der Waals surface area contributed by atoms with Gasteiger partial charge in [0.15, 0.2) is 17.3 Å². The number of benzene rings is 3. The zero-order chi connectivity index (χ0) is 73.7. The molecule has 22 nitrogen and oxygen atoms in total. The van der Waals surface area contributed by atoms with Gasteiger partial charge in [0.25, 0.3) is 0 Å². The molecule has 558 valence electrons. The predicted octanol–water partition coefficient (Wildman–Crippen LogP) is 8.12. The highest BCUT2D eigenvalue weighted by Gasteiger charge is 2.56. The van der Waals surface area contributed by atoms with Crippen LogP contribution in [0.3, 0.4) is 0 Å². The van der Waals surface area contributed by atoms with Crippen LogP contribution in [-0.2, 0) is 52.3 Å². The maximum absolute atomic E-state index is 13.6. The minimum Gasteiger partial charge on any atom is -1.00 e. The molecule has 5 heterocycles. The SMILES string of the molecule is C.C.CC(C)C[C@H](NC(=O)[C@@H](CC(=O)c1cnccn1)Cc1ccccc1)B(O)O.CC(C)C[C@H](NC(=O)[C@@H](CC(=O)c1cnccn1)Cc1ccccc1)B1OC(C)(C)C(C)(C)O1.CC(C)C[C@H]([NH3+])B1OC(C)(C)C(C)(C)O1.CI.O=C(C[C@@H](Cc1ccccc1)C(=O)O)c1cnccn1.[Cl-]. The number of carbonyl (C=O) groups is 6. The first-order valence-corrected chi connectivity index (χ1v) is 35.9. The number of aliphatic carboxylic acids is 1. The summed E-state index contributed by atoms with van der Waals surface area (Å²) in [5, 5.41) is 34.3. The van der Waals surface area contributed by atoms with Crippen molar-refractivity contribution in [3.8, 4) is 0 Å². The molecule has 2 aliphatic rings. The lowest BCUT2D eigenvalue weighted by molar-refractivity contribution is -0.400. The van der Waals surface area contributed by atoms with Crippen LogP contribution in [0.2, 0.25) is 0 Å². The van der Waals surface area contributed by atoms with Gasteiger partial charge in [-0.15, -0.1) is 0 Å². The van der Waals surface area contributed by atoms with Crippen molar-refractivity contribution in [3.05, 3.63) is 181 Å². The highest BCUT2D eigenvalue weighted by molar-refractivity contribution is 14.1. The molecule has 102 heavy (non-hydrogen) atoms. The van der Waals surface area contributed by atoms with Gasteiger partial charge in [-0.05, 0) is 133 Å². The number of quaternary nitrogens is 1. The molecule has 0 unspecified atom stereocenters. The number of halogens is 2. The van der Waals surface area contributed by atoms with Crippen molar-refractivity contribution in [3.63, 3.8) is 0 Å². The van der Waals surface area contributed by atoms with Crippen molar-refractivity contribution in [1.82, 2.24) is 40.5 Å². The zero-order valence-electron chi connectivity index (χ0n) is 60.7. The van der Waals surface area contributed by atoms with Crippen molar-refractivity contribution in [2.24, 2.45) is 35.5 Å². The third kappa shape index (κ3) is 31.3. The van der Waals surface area contributed by atoms with E-state index in [0.717, 1.165) is 23.1 Å². The van der Waals surface area contributed by atoms with Crippen molar-refractivity contribution in [2.75, 3.05) is 4.93 Å². The third-order valence-corrected chi connectivity index (χ3v) is 17.4. The van der Waals surface area contributed by atoms with Gasteiger partial charge >= 0.3 is 27.3 Å². The van der Waals surface area contributed by atoms with E-state index in [1.54, 1.807) is 0 Å². The summed E-state index contributed by atoms with van der Waals surface area (Å²) in [5.41, 5.74) is 6.15. The largest absolute Gasteiger partial charge is 1.00 e. The Kier molecular flexibility index (Phi) is 41.6. The smallest absolute Gasteiger partial charge is 0.521 e. The van der Waals surface area contributed by atoms with Crippen LogP contribution in [0.15, 0.2) is 147 Å². The quantitative estimate of drug-likeness (QED) is 0.0112. The van der Waals surface area contributed by atoms with E-state index in [2.05, 4.69) is 124 Å². The fraction of sp³-hybridized carbons (Fsp3) is 0.520. The molecule has 0 saturated carbocycles. The van der Waals surface area contributed by atoms with Gasteiger partial charge in [0, 0.05) is 68.3 Å². The molecular formula is C75H112B3ClIN9O13. The Morgan fingerprint density at radius 3 is 1.08 bits per heavy atom. The molecule has 27 heteroatoms. The van der Waals surface area contributed by atoms with Crippen LogP contribution in [0, 0.1) is 35.5 Å². The van der Waals surface area contributed by atoms with Gasteiger partial charge in [0.2, 0.25) is 11.8 Å². The summed E-state index contributed by atoms with van der Waals surface area (Å²) in [6, 6.07) is 28.4. The van der Waals surface area contributed by atoms with Crippen molar-refractivity contribution < 1.29 is 80.7 Å². The molecule has 0 aliphatic carbocycles. The van der Waals surface area contributed by atoms with Gasteiger partial charge in [-0.1, -0.05) is 170 Å². The molecule has 0 radical (unpaired) electrons. The lowest BCUT2D eigenvalue weighted by Crippen LogP contribution is -3.00. The fourth-order valence-electron chi connectivity index (χ4n) is 10.7. The number of Topliss-reactive ketones (excluding diaryl/α,β-unsaturated/α-hetero) is 3. The summed E-state index contributed by atoms with van der Waals surface area (Å²) in [4.78, 5) is 101. The van der Waals surface area contributed by atoms with E-state index in [9.17, 15) is 43.9 Å². The number of carbonyl (C=O) groups excluding carboxylic acids is 5. The van der Waals surface area contributed by atoms with E-state index in [4.69, 9.17) is 18.6 Å². The lowest BCUT2D eigenvalue weighted by atomic mass is 9.73. The number of nitrogens with zero attached hydrogens (tertiary/aromatic N) is 6. The number of ketones is 3. The van der Waals surface area contributed by atoms with Gasteiger partial charge in [-0.3, -0.25) is 43.7 Å². The summed E-state index contributed by atoms with van der Waals surface area (Å²) in [7, 11) is -2.39. The Morgan fingerprint density at radius 1 is 0.480 bits per heavy atom. The topological polar surface area (TPSA) is 329 Å². The van der Waals surface area contributed by atoms with Crippen molar-refractivity contribution in [2.45, 2.75) is 210 Å². The Hall–Kier alpha value is -6.75. The molecule has 2 saturated heterocycles. The predicted molar refractivity (Wildman–Crippen MR) is 406 cm³/mol. The maximum atomic E-state index is 13.6. The number of amides is 2. The molecular weight excluding hydrogens is 1430 g/mol. The number of alkyl halides is 1. The van der Waals surface area contributed by atoms with Crippen LogP contribution in [0.4, 0.5) is 0 Å². The van der Waals surface area contributed by atoms with E-state index in [-0.39, 0.29) is 129 Å². The van der Waals surface area contributed by atoms with Crippen LogP contribution >= 0.6 is 22.6 Å².